The van der Waals surface area contributed by atoms with E-state index in [1.165, 1.54) is 0 Å². The van der Waals surface area contributed by atoms with Crippen LogP contribution in [0.2, 0.25) is 0 Å². The van der Waals surface area contributed by atoms with Gasteiger partial charge in [0.15, 0.2) is 0 Å². The minimum Gasteiger partial charge on any atom is -0.352 e. The van der Waals surface area contributed by atoms with E-state index >= 15 is 0 Å². The Hall–Kier alpha value is -1.58. The lowest BCUT2D eigenvalue weighted by molar-refractivity contribution is -0.117. The highest BCUT2D eigenvalue weighted by atomic mass is 16.2. The van der Waals surface area contributed by atoms with Gasteiger partial charge in [-0.05, 0) is 19.3 Å². The van der Waals surface area contributed by atoms with Gasteiger partial charge in [-0.3, -0.25) is 9.59 Å². The highest BCUT2D eigenvalue weighted by Gasteiger charge is 2.04. The van der Waals surface area contributed by atoms with Crippen molar-refractivity contribution >= 4 is 11.8 Å². The third-order valence-corrected chi connectivity index (χ3v) is 2.42. The van der Waals surface area contributed by atoms with E-state index in [9.17, 15) is 9.59 Å². The number of nitrogens with one attached hydrogen (secondary N) is 2. The molecule has 0 bridgehead atoms. The average Bonchev–Trinajstić information content (AvgIpc) is 2.35. The number of carbonyl (C=O) groups excluding carboxylic acids is 2. The number of rotatable bonds is 8. The normalized spacial score (nSPS) is 9.53. The Morgan fingerprint density at radius 3 is 1.53 bits per heavy atom. The molecule has 0 aliphatic rings. The summed E-state index contributed by atoms with van der Waals surface area (Å²) < 4.78 is 0. The van der Waals surface area contributed by atoms with E-state index in [-0.39, 0.29) is 11.8 Å². The summed E-state index contributed by atoms with van der Waals surface area (Å²) >= 11 is 0. The summed E-state index contributed by atoms with van der Waals surface area (Å²) in [6.07, 6.45) is 2.00. The molecule has 0 unspecified atom stereocenters. The Balaban J connectivity index is 3.60. The van der Waals surface area contributed by atoms with Crippen LogP contribution in [0.1, 0.15) is 33.1 Å². The Morgan fingerprint density at radius 2 is 1.24 bits per heavy atom. The van der Waals surface area contributed by atoms with Crippen LogP contribution in [-0.4, -0.2) is 24.9 Å². The summed E-state index contributed by atoms with van der Waals surface area (Å²) in [5.41, 5.74) is 1.15. The summed E-state index contributed by atoms with van der Waals surface area (Å²) in [4.78, 5) is 22.6. The van der Waals surface area contributed by atoms with E-state index in [2.05, 4.69) is 23.8 Å². The number of amides is 2. The maximum Gasteiger partial charge on any atom is 0.246 e. The van der Waals surface area contributed by atoms with Crippen LogP contribution in [0.25, 0.3) is 0 Å². The van der Waals surface area contributed by atoms with E-state index in [1.807, 2.05) is 13.8 Å². The molecule has 0 atom stereocenters. The molecule has 0 saturated heterocycles. The van der Waals surface area contributed by atoms with Gasteiger partial charge < -0.3 is 10.6 Å². The Kier molecular flexibility index (Phi) is 7.76. The molecule has 2 amide bonds. The minimum atomic E-state index is -0.114. The molecule has 0 saturated carbocycles. The van der Waals surface area contributed by atoms with E-state index in [4.69, 9.17) is 0 Å². The monoisotopic (exact) mass is 238 g/mol. The second-order valence-corrected chi connectivity index (χ2v) is 3.78. The number of hydrogen-bond donors (Lipinski definition) is 2. The third-order valence-electron chi connectivity index (χ3n) is 2.42. The molecule has 0 spiro atoms. The predicted molar refractivity (Wildman–Crippen MR) is 69.5 cm³/mol. The Labute approximate surface area is 103 Å². The maximum absolute atomic E-state index is 11.3. The second kappa shape index (κ2) is 8.56. The van der Waals surface area contributed by atoms with Crippen LogP contribution in [0.5, 0.6) is 0 Å². The molecule has 0 aromatic rings. The minimum absolute atomic E-state index is 0.114. The third kappa shape index (κ3) is 6.56. The van der Waals surface area contributed by atoms with Crippen LogP contribution in [0.4, 0.5) is 0 Å². The molecule has 0 radical (unpaired) electrons. The van der Waals surface area contributed by atoms with Gasteiger partial charge in [0.2, 0.25) is 11.8 Å². The van der Waals surface area contributed by atoms with Gasteiger partial charge in [0.25, 0.3) is 0 Å². The first-order chi connectivity index (χ1) is 8.02. The topological polar surface area (TPSA) is 58.2 Å². The summed E-state index contributed by atoms with van der Waals surface area (Å²) in [6.45, 7) is 12.1. The smallest absolute Gasteiger partial charge is 0.246 e. The zero-order valence-electron chi connectivity index (χ0n) is 10.8. The number of carbonyl (C=O) groups is 2. The van der Waals surface area contributed by atoms with Crippen molar-refractivity contribution in [3.8, 4) is 0 Å². The molecule has 0 aromatic carbocycles. The van der Waals surface area contributed by atoms with Crippen LogP contribution in [-0.2, 0) is 9.59 Å². The van der Waals surface area contributed by atoms with Crippen molar-refractivity contribution in [1.82, 2.24) is 10.6 Å². The SMILES string of the molecule is C=C(CC)C(=O)NCCCNC(=O)C(=C)CC. The fraction of sp³-hybridized carbons (Fsp3) is 0.538. The van der Waals surface area contributed by atoms with Crippen molar-refractivity contribution in [2.24, 2.45) is 0 Å². The van der Waals surface area contributed by atoms with Crippen molar-refractivity contribution < 1.29 is 9.59 Å². The van der Waals surface area contributed by atoms with Gasteiger partial charge in [0, 0.05) is 24.2 Å². The molecular weight excluding hydrogens is 216 g/mol. The molecule has 0 rings (SSSR count). The van der Waals surface area contributed by atoms with Gasteiger partial charge in [0.1, 0.15) is 0 Å². The van der Waals surface area contributed by atoms with Crippen LogP contribution in [0, 0.1) is 0 Å². The van der Waals surface area contributed by atoms with Crippen LogP contribution < -0.4 is 10.6 Å². The lowest BCUT2D eigenvalue weighted by Gasteiger charge is -2.07. The lowest BCUT2D eigenvalue weighted by Crippen LogP contribution is -2.30. The van der Waals surface area contributed by atoms with Crippen molar-refractivity contribution in [2.45, 2.75) is 33.1 Å². The molecule has 17 heavy (non-hydrogen) atoms. The zero-order chi connectivity index (χ0) is 13.3. The summed E-state index contributed by atoms with van der Waals surface area (Å²) in [6, 6.07) is 0. The highest BCUT2D eigenvalue weighted by Crippen LogP contribution is 1.96. The zero-order valence-corrected chi connectivity index (χ0v) is 10.8. The molecule has 0 aromatic heterocycles. The standard InChI is InChI=1S/C13H22N2O2/c1-5-10(3)12(16)14-8-7-9-15-13(17)11(4)6-2/h3-9H2,1-2H3,(H,14,16)(H,15,17). The van der Waals surface area contributed by atoms with Gasteiger partial charge in [-0.1, -0.05) is 27.0 Å². The maximum atomic E-state index is 11.3. The molecule has 0 heterocycles. The second-order valence-electron chi connectivity index (χ2n) is 3.78. The fourth-order valence-corrected chi connectivity index (χ4v) is 1.06. The molecule has 2 N–H and O–H groups in total. The van der Waals surface area contributed by atoms with Crippen LogP contribution in [0.3, 0.4) is 0 Å². The molecule has 0 aliphatic carbocycles. The highest BCUT2D eigenvalue weighted by molar-refractivity contribution is 5.93. The van der Waals surface area contributed by atoms with Gasteiger partial charge >= 0.3 is 0 Å². The van der Waals surface area contributed by atoms with Gasteiger partial charge in [-0.25, -0.2) is 0 Å². The first kappa shape index (κ1) is 15.4. The first-order valence-corrected chi connectivity index (χ1v) is 5.94. The van der Waals surface area contributed by atoms with Crippen molar-refractivity contribution in [3.05, 3.63) is 24.3 Å². The Bertz CT molecular complexity index is 279. The van der Waals surface area contributed by atoms with Crippen molar-refractivity contribution in [3.63, 3.8) is 0 Å². The number of hydrogen-bond acceptors (Lipinski definition) is 2. The van der Waals surface area contributed by atoms with Crippen molar-refractivity contribution in [2.75, 3.05) is 13.1 Å². The van der Waals surface area contributed by atoms with E-state index in [1.54, 1.807) is 0 Å². The van der Waals surface area contributed by atoms with Crippen LogP contribution in [0.15, 0.2) is 24.3 Å². The molecule has 0 aliphatic heterocycles. The molecule has 4 nitrogen and oxygen atoms in total. The largest absolute Gasteiger partial charge is 0.352 e. The van der Waals surface area contributed by atoms with E-state index < -0.39 is 0 Å². The van der Waals surface area contributed by atoms with Gasteiger partial charge in [-0.2, -0.15) is 0 Å². The fourth-order valence-electron chi connectivity index (χ4n) is 1.06. The average molecular weight is 238 g/mol. The van der Waals surface area contributed by atoms with Gasteiger partial charge in [-0.15, -0.1) is 0 Å². The molecule has 96 valence electrons. The summed E-state index contributed by atoms with van der Waals surface area (Å²) in [5.74, 6) is -0.228. The van der Waals surface area contributed by atoms with Crippen molar-refractivity contribution in [1.29, 1.82) is 0 Å². The Morgan fingerprint density at radius 1 is 0.882 bits per heavy atom. The van der Waals surface area contributed by atoms with Gasteiger partial charge in [0.05, 0.1) is 0 Å². The molecular formula is C13H22N2O2. The first-order valence-electron chi connectivity index (χ1n) is 5.94. The predicted octanol–water partition coefficient (Wildman–Crippen LogP) is 1.54. The van der Waals surface area contributed by atoms with Crippen LogP contribution >= 0.6 is 0 Å². The van der Waals surface area contributed by atoms with E-state index in [0.717, 1.165) is 0 Å². The quantitative estimate of drug-likeness (QED) is 0.498. The summed E-state index contributed by atoms with van der Waals surface area (Å²) in [7, 11) is 0. The molecule has 0 fully saturated rings. The van der Waals surface area contributed by atoms with E-state index in [0.29, 0.717) is 43.5 Å². The lowest BCUT2D eigenvalue weighted by atomic mass is 10.2. The molecule has 4 heteroatoms. The summed E-state index contributed by atoms with van der Waals surface area (Å²) in [5, 5.41) is 5.48.